The third-order valence-electron chi connectivity index (χ3n) is 5.13. The smallest absolute Gasteiger partial charge is 0.175 e. The molecule has 6 heteroatoms. The normalized spacial score (nSPS) is 11.6. The number of hydrogen-bond acceptors (Lipinski definition) is 3. The molecule has 4 nitrogen and oxygen atoms in total. The second-order valence-corrected chi connectivity index (χ2v) is 9.49. The average Bonchev–Trinajstić information content (AvgIpc) is 3.14. The maximum absolute atomic E-state index is 13.6. The minimum Gasteiger partial charge on any atom is -0.232 e. The zero-order chi connectivity index (χ0) is 22.0. The SMILES string of the molecule is CCCc1nn(-c2ccccc2)c(-c2ccc(S(C)(=O)=O)cc2)c1-c1ccc(F)cc1. The van der Waals surface area contributed by atoms with Gasteiger partial charge in [0.15, 0.2) is 9.84 Å². The maximum atomic E-state index is 13.6. The number of para-hydroxylation sites is 1. The molecule has 158 valence electrons. The Morgan fingerprint density at radius 2 is 1.48 bits per heavy atom. The van der Waals surface area contributed by atoms with Gasteiger partial charge in [-0.3, -0.25) is 0 Å². The van der Waals surface area contributed by atoms with E-state index in [1.54, 1.807) is 36.4 Å². The third kappa shape index (κ3) is 4.30. The largest absolute Gasteiger partial charge is 0.232 e. The van der Waals surface area contributed by atoms with Crippen LogP contribution in [-0.2, 0) is 16.3 Å². The Hall–Kier alpha value is -3.25. The van der Waals surface area contributed by atoms with Gasteiger partial charge in [0.25, 0.3) is 0 Å². The molecular formula is C25H23FN2O2S. The van der Waals surface area contributed by atoms with E-state index in [9.17, 15) is 12.8 Å². The van der Waals surface area contributed by atoms with Crippen LogP contribution in [0, 0.1) is 5.82 Å². The van der Waals surface area contributed by atoms with E-state index in [1.807, 2.05) is 35.0 Å². The van der Waals surface area contributed by atoms with Crippen molar-refractivity contribution in [2.45, 2.75) is 24.7 Å². The standard InChI is InChI=1S/C25H23FN2O2S/c1-3-7-23-24(18-10-14-20(26)15-11-18)25(28(27-23)21-8-5-4-6-9-21)19-12-16-22(17-13-19)31(2,29)30/h4-6,8-17H,3,7H2,1-2H3. The van der Waals surface area contributed by atoms with Crippen molar-refractivity contribution in [3.8, 4) is 28.1 Å². The van der Waals surface area contributed by atoms with Crippen molar-refractivity contribution >= 4 is 9.84 Å². The van der Waals surface area contributed by atoms with Gasteiger partial charge in [-0.2, -0.15) is 5.10 Å². The van der Waals surface area contributed by atoms with Gasteiger partial charge in [-0.25, -0.2) is 17.5 Å². The Labute approximate surface area is 181 Å². The zero-order valence-corrected chi connectivity index (χ0v) is 18.2. The summed E-state index contributed by atoms with van der Waals surface area (Å²) in [6.45, 7) is 2.09. The van der Waals surface area contributed by atoms with Gasteiger partial charge in [0.2, 0.25) is 0 Å². The minimum atomic E-state index is -3.30. The van der Waals surface area contributed by atoms with Crippen LogP contribution in [-0.4, -0.2) is 24.5 Å². The lowest BCUT2D eigenvalue weighted by Crippen LogP contribution is -2.00. The van der Waals surface area contributed by atoms with E-state index in [-0.39, 0.29) is 10.7 Å². The Balaban J connectivity index is 2.01. The van der Waals surface area contributed by atoms with Gasteiger partial charge in [0, 0.05) is 17.4 Å². The van der Waals surface area contributed by atoms with E-state index in [2.05, 4.69) is 6.92 Å². The van der Waals surface area contributed by atoms with Crippen molar-refractivity contribution < 1.29 is 12.8 Å². The van der Waals surface area contributed by atoms with E-state index in [0.717, 1.165) is 46.6 Å². The van der Waals surface area contributed by atoms with Crippen LogP contribution in [0.1, 0.15) is 19.0 Å². The molecule has 4 rings (SSSR count). The van der Waals surface area contributed by atoms with Crippen LogP contribution in [0.3, 0.4) is 0 Å². The lowest BCUT2D eigenvalue weighted by atomic mass is 9.97. The third-order valence-corrected chi connectivity index (χ3v) is 6.26. The zero-order valence-electron chi connectivity index (χ0n) is 17.4. The average molecular weight is 435 g/mol. The summed E-state index contributed by atoms with van der Waals surface area (Å²) in [6.07, 6.45) is 2.87. The topological polar surface area (TPSA) is 52.0 Å². The first kappa shape index (κ1) is 21.0. The fraction of sp³-hybridized carbons (Fsp3) is 0.160. The van der Waals surface area contributed by atoms with Crippen LogP contribution in [0.25, 0.3) is 28.1 Å². The lowest BCUT2D eigenvalue weighted by molar-refractivity contribution is 0.602. The van der Waals surface area contributed by atoms with Crippen molar-refractivity contribution in [3.63, 3.8) is 0 Å². The first-order chi connectivity index (χ1) is 14.9. The van der Waals surface area contributed by atoms with Crippen molar-refractivity contribution in [3.05, 3.63) is 90.4 Å². The fourth-order valence-electron chi connectivity index (χ4n) is 3.68. The monoisotopic (exact) mass is 434 g/mol. The van der Waals surface area contributed by atoms with Crippen LogP contribution < -0.4 is 0 Å². The number of benzene rings is 3. The van der Waals surface area contributed by atoms with E-state index in [0.29, 0.717) is 0 Å². The molecule has 0 aliphatic rings. The first-order valence-electron chi connectivity index (χ1n) is 10.1. The number of hydrogen-bond donors (Lipinski definition) is 0. The molecule has 0 unspecified atom stereocenters. The van der Waals surface area contributed by atoms with E-state index >= 15 is 0 Å². The fourth-order valence-corrected chi connectivity index (χ4v) is 4.31. The van der Waals surface area contributed by atoms with Crippen LogP contribution in [0.15, 0.2) is 83.8 Å². The quantitative estimate of drug-likeness (QED) is 0.391. The van der Waals surface area contributed by atoms with Gasteiger partial charge in [-0.15, -0.1) is 0 Å². The molecule has 0 fully saturated rings. The van der Waals surface area contributed by atoms with Gasteiger partial charge in [0.05, 0.1) is 22.0 Å². The Bertz CT molecular complexity index is 1290. The molecule has 1 aromatic heterocycles. The number of rotatable bonds is 6. The van der Waals surface area contributed by atoms with Crippen molar-refractivity contribution in [2.24, 2.45) is 0 Å². The van der Waals surface area contributed by atoms with Crippen LogP contribution in [0.5, 0.6) is 0 Å². The summed E-state index contributed by atoms with van der Waals surface area (Å²) in [5.41, 5.74) is 5.30. The second-order valence-electron chi connectivity index (χ2n) is 7.47. The molecule has 0 spiro atoms. The molecule has 31 heavy (non-hydrogen) atoms. The Morgan fingerprint density at radius 3 is 2.06 bits per heavy atom. The molecule has 0 amide bonds. The molecule has 0 saturated carbocycles. The predicted octanol–water partition coefficient (Wildman–Crippen LogP) is 5.70. The highest BCUT2D eigenvalue weighted by Crippen LogP contribution is 2.37. The second kappa shape index (κ2) is 8.47. The van der Waals surface area contributed by atoms with E-state index in [4.69, 9.17) is 5.10 Å². The van der Waals surface area contributed by atoms with Gasteiger partial charge in [-0.05, 0) is 48.4 Å². The highest BCUT2D eigenvalue weighted by atomic mass is 32.2. The summed E-state index contributed by atoms with van der Waals surface area (Å²) in [5.74, 6) is -0.296. The van der Waals surface area contributed by atoms with Crippen LogP contribution in [0.4, 0.5) is 4.39 Å². The molecule has 1 heterocycles. The maximum Gasteiger partial charge on any atom is 0.175 e. The van der Waals surface area contributed by atoms with Gasteiger partial charge >= 0.3 is 0 Å². The number of sulfone groups is 1. The van der Waals surface area contributed by atoms with E-state index in [1.165, 1.54) is 18.4 Å². The number of halogens is 1. The molecule has 0 atom stereocenters. The van der Waals surface area contributed by atoms with Gasteiger partial charge in [0.1, 0.15) is 5.82 Å². The summed E-state index contributed by atoms with van der Waals surface area (Å²) in [6, 6.07) is 23.0. The minimum absolute atomic E-state index is 0.263. The molecule has 0 aliphatic carbocycles. The highest BCUT2D eigenvalue weighted by Gasteiger charge is 2.22. The molecular weight excluding hydrogens is 411 g/mol. The van der Waals surface area contributed by atoms with Crippen molar-refractivity contribution in [1.29, 1.82) is 0 Å². The molecule has 4 aromatic rings. The Kier molecular flexibility index (Phi) is 5.74. The summed E-state index contributed by atoms with van der Waals surface area (Å²) >= 11 is 0. The molecule has 0 bridgehead atoms. The first-order valence-corrected chi connectivity index (χ1v) is 12.0. The molecule has 0 saturated heterocycles. The van der Waals surface area contributed by atoms with Crippen molar-refractivity contribution in [2.75, 3.05) is 6.26 Å². The molecule has 3 aromatic carbocycles. The Morgan fingerprint density at radius 1 is 0.871 bits per heavy atom. The summed E-state index contributed by atoms with van der Waals surface area (Å²) < 4.78 is 39.4. The van der Waals surface area contributed by atoms with Crippen LogP contribution in [0.2, 0.25) is 0 Å². The number of aromatic nitrogens is 2. The lowest BCUT2D eigenvalue weighted by Gasteiger charge is -2.11. The van der Waals surface area contributed by atoms with Gasteiger partial charge < -0.3 is 0 Å². The molecule has 0 radical (unpaired) electrons. The van der Waals surface area contributed by atoms with Gasteiger partial charge in [-0.1, -0.05) is 55.8 Å². The molecule has 0 N–H and O–H groups in total. The summed E-state index contributed by atoms with van der Waals surface area (Å²) in [5, 5.41) is 4.92. The van der Waals surface area contributed by atoms with Crippen molar-refractivity contribution in [1.82, 2.24) is 9.78 Å². The number of nitrogens with zero attached hydrogens (tertiary/aromatic N) is 2. The number of aryl methyl sites for hydroxylation is 1. The molecule has 0 aliphatic heterocycles. The highest BCUT2D eigenvalue weighted by molar-refractivity contribution is 7.90. The summed E-state index contributed by atoms with van der Waals surface area (Å²) in [4.78, 5) is 0.263. The van der Waals surface area contributed by atoms with E-state index < -0.39 is 9.84 Å². The summed E-state index contributed by atoms with van der Waals surface area (Å²) in [7, 11) is -3.30. The van der Waals surface area contributed by atoms with Crippen LogP contribution >= 0.6 is 0 Å². The predicted molar refractivity (Wildman–Crippen MR) is 121 cm³/mol.